The minimum absolute atomic E-state index is 0.670. The lowest BCUT2D eigenvalue weighted by molar-refractivity contribution is 0.309. The number of nitrogens with zero attached hydrogens (tertiary/aromatic N) is 3. The molecule has 0 N–H and O–H groups in total. The average Bonchev–Trinajstić information content (AvgIpc) is 3.24. The number of ether oxygens (including phenoxy) is 1. The van der Waals surface area contributed by atoms with Crippen LogP contribution in [0.1, 0.15) is 37.3 Å². The van der Waals surface area contributed by atoms with Gasteiger partial charge >= 0.3 is 0 Å². The number of rotatable bonds is 7. The van der Waals surface area contributed by atoms with Gasteiger partial charge in [-0.1, -0.05) is 19.4 Å². The van der Waals surface area contributed by atoms with Gasteiger partial charge in [-0.05, 0) is 80.9 Å². The molecule has 2 aromatic carbocycles. The Labute approximate surface area is 176 Å². The molecule has 0 amide bonds. The average molecular weight is 394 g/mol. The molecule has 1 saturated heterocycles. The fourth-order valence-corrected chi connectivity index (χ4v) is 4.45. The lowest BCUT2D eigenvalue weighted by Gasteiger charge is -2.31. The van der Waals surface area contributed by atoms with Gasteiger partial charge in [0, 0.05) is 43.6 Å². The Morgan fingerprint density at radius 1 is 0.966 bits per heavy atom. The molecule has 2 aliphatic rings. The molecule has 0 aliphatic carbocycles. The van der Waals surface area contributed by atoms with Crippen molar-refractivity contribution in [3.8, 4) is 5.75 Å². The molecule has 2 aromatic rings. The van der Waals surface area contributed by atoms with E-state index in [1.165, 1.54) is 35.3 Å². The molecule has 156 valence electrons. The van der Waals surface area contributed by atoms with Crippen LogP contribution in [0.25, 0.3) is 0 Å². The summed E-state index contributed by atoms with van der Waals surface area (Å²) in [7, 11) is 4.37. The topological polar surface area (TPSA) is 19.0 Å². The number of benzene rings is 2. The normalized spacial score (nSPS) is 19.0. The molecule has 0 unspecified atom stereocenters. The van der Waals surface area contributed by atoms with Crippen molar-refractivity contribution in [2.24, 2.45) is 0 Å². The summed E-state index contributed by atoms with van der Waals surface area (Å²) in [5, 5.41) is 0. The third kappa shape index (κ3) is 4.69. The Balaban J connectivity index is 1.38. The second kappa shape index (κ2) is 9.08. The summed E-state index contributed by atoms with van der Waals surface area (Å²) in [4.78, 5) is 7.36. The highest BCUT2D eigenvalue weighted by atomic mass is 16.5. The third-order valence-electron chi connectivity index (χ3n) is 6.43. The minimum Gasteiger partial charge on any atom is -0.494 e. The Bertz CT molecular complexity index is 802. The van der Waals surface area contributed by atoms with Crippen LogP contribution in [0.3, 0.4) is 0 Å². The van der Waals surface area contributed by atoms with Crippen molar-refractivity contribution in [2.75, 3.05) is 50.1 Å². The van der Waals surface area contributed by atoms with Gasteiger partial charge in [0.2, 0.25) is 0 Å². The predicted octanol–water partition coefficient (Wildman–Crippen LogP) is 4.57. The van der Waals surface area contributed by atoms with Gasteiger partial charge < -0.3 is 19.4 Å². The van der Waals surface area contributed by atoms with Gasteiger partial charge in [-0.3, -0.25) is 0 Å². The number of fused-ring (bicyclic) bond motifs is 1. The molecule has 4 nitrogen and oxygen atoms in total. The van der Waals surface area contributed by atoms with E-state index in [0.717, 1.165) is 51.4 Å². The maximum atomic E-state index is 5.89. The predicted molar refractivity (Wildman–Crippen MR) is 122 cm³/mol. The number of likely N-dealkylation sites (N-methyl/N-ethyl adjacent to an activating group) is 1. The maximum absolute atomic E-state index is 5.89. The van der Waals surface area contributed by atoms with Crippen LogP contribution < -0.4 is 14.5 Å². The molecule has 2 aliphatic heterocycles. The van der Waals surface area contributed by atoms with E-state index in [1.54, 1.807) is 0 Å². The van der Waals surface area contributed by atoms with Gasteiger partial charge in [0.15, 0.2) is 0 Å². The fourth-order valence-electron chi connectivity index (χ4n) is 4.45. The molecule has 1 atom stereocenters. The lowest BCUT2D eigenvalue weighted by Crippen LogP contribution is -2.31. The first-order valence-corrected chi connectivity index (χ1v) is 11.1. The first kappa shape index (κ1) is 20.1. The quantitative estimate of drug-likeness (QED) is 0.642. The number of unbranched alkanes of at least 4 members (excludes halogenated alkanes) is 1. The summed E-state index contributed by atoms with van der Waals surface area (Å²) in [6, 6.07) is 16.5. The van der Waals surface area contributed by atoms with E-state index >= 15 is 0 Å². The molecule has 0 saturated carbocycles. The second-order valence-electron chi connectivity index (χ2n) is 8.67. The molecular formula is C25H35N3O. The van der Waals surface area contributed by atoms with Crippen molar-refractivity contribution >= 4 is 11.4 Å². The molecule has 29 heavy (non-hydrogen) atoms. The smallest absolute Gasteiger partial charge is 0.119 e. The summed E-state index contributed by atoms with van der Waals surface area (Å²) in [6.07, 6.45) is 4.63. The molecule has 0 spiro atoms. The molecule has 4 rings (SSSR count). The van der Waals surface area contributed by atoms with E-state index in [2.05, 4.69) is 78.2 Å². The van der Waals surface area contributed by atoms with Crippen molar-refractivity contribution in [2.45, 2.75) is 45.2 Å². The zero-order chi connectivity index (χ0) is 20.2. The van der Waals surface area contributed by atoms with Gasteiger partial charge in [-0.2, -0.15) is 0 Å². The number of hydrogen-bond donors (Lipinski definition) is 0. The van der Waals surface area contributed by atoms with E-state index < -0.39 is 0 Å². The van der Waals surface area contributed by atoms with Crippen molar-refractivity contribution < 1.29 is 4.74 Å². The van der Waals surface area contributed by atoms with Crippen LogP contribution in [-0.2, 0) is 13.0 Å². The van der Waals surface area contributed by atoms with Gasteiger partial charge in [-0.15, -0.1) is 0 Å². The molecule has 0 aromatic heterocycles. The standard InChI is InChI=1S/C25H35N3O/c1-4-5-16-29-25-11-6-21-18-27(14-12-20(21)17-25)22-7-9-23(10-8-22)28-15-13-24(19-28)26(2)3/h6-11,17,24H,4-5,12-16,18-19H2,1-3H3/t24-/m1/s1. The molecule has 0 radical (unpaired) electrons. The van der Waals surface area contributed by atoms with Crippen LogP contribution in [0.4, 0.5) is 11.4 Å². The van der Waals surface area contributed by atoms with E-state index in [1.807, 2.05) is 0 Å². The van der Waals surface area contributed by atoms with Crippen LogP contribution in [-0.4, -0.2) is 51.3 Å². The van der Waals surface area contributed by atoms with Gasteiger partial charge in [0.1, 0.15) is 5.75 Å². The van der Waals surface area contributed by atoms with Crippen LogP contribution in [0, 0.1) is 0 Å². The summed E-state index contributed by atoms with van der Waals surface area (Å²) in [6.45, 7) is 7.35. The summed E-state index contributed by atoms with van der Waals surface area (Å²) < 4.78 is 5.89. The SMILES string of the molecule is CCCCOc1ccc2c(c1)CCN(c1ccc(N3CC[C@@H](N(C)C)C3)cc1)C2. The highest BCUT2D eigenvalue weighted by molar-refractivity contribution is 5.58. The Hall–Kier alpha value is -2.20. The van der Waals surface area contributed by atoms with E-state index in [-0.39, 0.29) is 0 Å². The monoisotopic (exact) mass is 393 g/mol. The zero-order valence-corrected chi connectivity index (χ0v) is 18.2. The first-order valence-electron chi connectivity index (χ1n) is 11.1. The van der Waals surface area contributed by atoms with Crippen LogP contribution in [0.2, 0.25) is 0 Å². The van der Waals surface area contributed by atoms with Crippen molar-refractivity contribution in [3.63, 3.8) is 0 Å². The highest BCUT2D eigenvalue weighted by Crippen LogP contribution is 2.30. The summed E-state index contributed by atoms with van der Waals surface area (Å²) in [5.41, 5.74) is 5.55. The van der Waals surface area contributed by atoms with Crippen molar-refractivity contribution in [3.05, 3.63) is 53.6 Å². The molecule has 0 bridgehead atoms. The number of hydrogen-bond acceptors (Lipinski definition) is 4. The van der Waals surface area contributed by atoms with E-state index in [9.17, 15) is 0 Å². The van der Waals surface area contributed by atoms with Gasteiger partial charge in [-0.25, -0.2) is 0 Å². The molecule has 2 heterocycles. The maximum Gasteiger partial charge on any atom is 0.119 e. The molecule has 1 fully saturated rings. The summed E-state index contributed by atoms with van der Waals surface area (Å²) in [5.74, 6) is 1.02. The molecular weight excluding hydrogens is 358 g/mol. The van der Waals surface area contributed by atoms with Crippen LogP contribution >= 0.6 is 0 Å². The van der Waals surface area contributed by atoms with Crippen molar-refractivity contribution in [1.82, 2.24) is 4.90 Å². The highest BCUT2D eigenvalue weighted by Gasteiger charge is 2.24. The fraction of sp³-hybridized carbons (Fsp3) is 0.520. The van der Waals surface area contributed by atoms with Gasteiger partial charge in [0.25, 0.3) is 0 Å². The van der Waals surface area contributed by atoms with Gasteiger partial charge in [0.05, 0.1) is 6.61 Å². The van der Waals surface area contributed by atoms with Crippen LogP contribution in [0.5, 0.6) is 5.75 Å². The third-order valence-corrected chi connectivity index (χ3v) is 6.43. The van der Waals surface area contributed by atoms with E-state index in [0.29, 0.717) is 6.04 Å². The Morgan fingerprint density at radius 3 is 2.41 bits per heavy atom. The summed E-state index contributed by atoms with van der Waals surface area (Å²) >= 11 is 0. The zero-order valence-electron chi connectivity index (χ0n) is 18.2. The Kier molecular flexibility index (Phi) is 6.29. The first-order chi connectivity index (χ1) is 14.1. The van der Waals surface area contributed by atoms with Crippen molar-refractivity contribution in [1.29, 1.82) is 0 Å². The van der Waals surface area contributed by atoms with Crippen LogP contribution in [0.15, 0.2) is 42.5 Å². The Morgan fingerprint density at radius 2 is 1.72 bits per heavy atom. The number of anilines is 2. The minimum atomic E-state index is 0.670. The second-order valence-corrected chi connectivity index (χ2v) is 8.67. The lowest BCUT2D eigenvalue weighted by atomic mass is 9.99. The van der Waals surface area contributed by atoms with E-state index in [4.69, 9.17) is 4.74 Å². The molecule has 4 heteroatoms. The largest absolute Gasteiger partial charge is 0.494 e.